The van der Waals surface area contributed by atoms with Gasteiger partial charge in [0.15, 0.2) is 0 Å². The first kappa shape index (κ1) is 14.3. The molecule has 18 heavy (non-hydrogen) atoms. The summed E-state index contributed by atoms with van der Waals surface area (Å²) in [7, 11) is 6.77. The van der Waals surface area contributed by atoms with E-state index in [4.69, 9.17) is 5.73 Å². The molecule has 0 amide bonds. The molecular weight excluding hydrogens is 222 g/mol. The smallest absolute Gasteiger partial charge is 0.0332 e. The Balaban J connectivity index is 2.04. The minimum Gasteiger partial charge on any atom is -0.329 e. The van der Waals surface area contributed by atoms with Crippen LogP contribution in [-0.4, -0.2) is 55.1 Å². The fourth-order valence-corrected chi connectivity index (χ4v) is 4.00. The fourth-order valence-electron chi connectivity index (χ4n) is 4.00. The van der Waals surface area contributed by atoms with Crippen LogP contribution < -0.4 is 5.73 Å². The van der Waals surface area contributed by atoms with Crippen molar-refractivity contribution in [3.05, 3.63) is 0 Å². The maximum atomic E-state index is 6.13. The first-order valence-corrected chi connectivity index (χ1v) is 7.53. The third kappa shape index (κ3) is 2.33. The van der Waals surface area contributed by atoms with Gasteiger partial charge in [-0.2, -0.15) is 0 Å². The Bertz CT molecular complexity index is 285. The highest BCUT2D eigenvalue weighted by atomic mass is 15.3. The molecule has 2 aliphatic rings. The minimum absolute atomic E-state index is 0.276. The standard InChI is InChI=1S/C15H31N3/c1-13-6-9-15(10-13,11-16)18(4)12-14(17(2)3)7-5-8-14/h13H,5-12,16H2,1-4H3. The molecule has 0 aliphatic heterocycles. The number of rotatable bonds is 5. The van der Waals surface area contributed by atoms with E-state index in [0.717, 1.165) is 12.5 Å². The van der Waals surface area contributed by atoms with E-state index in [0.29, 0.717) is 5.54 Å². The predicted molar refractivity (Wildman–Crippen MR) is 77.7 cm³/mol. The number of hydrogen-bond acceptors (Lipinski definition) is 3. The lowest BCUT2D eigenvalue weighted by Crippen LogP contribution is -2.62. The molecule has 0 radical (unpaired) electrons. The SMILES string of the molecule is CC1CCC(CN)(N(C)CC2(N(C)C)CCC2)C1. The van der Waals surface area contributed by atoms with E-state index >= 15 is 0 Å². The van der Waals surface area contributed by atoms with Crippen molar-refractivity contribution in [1.29, 1.82) is 0 Å². The lowest BCUT2D eigenvalue weighted by molar-refractivity contribution is -0.00703. The van der Waals surface area contributed by atoms with Gasteiger partial charge in [0.25, 0.3) is 0 Å². The van der Waals surface area contributed by atoms with Crippen LogP contribution in [0.5, 0.6) is 0 Å². The van der Waals surface area contributed by atoms with Crippen molar-refractivity contribution < 1.29 is 0 Å². The van der Waals surface area contributed by atoms with Gasteiger partial charge in [0.2, 0.25) is 0 Å². The molecule has 0 saturated heterocycles. The summed E-state index contributed by atoms with van der Waals surface area (Å²) in [6.07, 6.45) is 7.99. The van der Waals surface area contributed by atoms with E-state index in [1.807, 2.05) is 0 Å². The van der Waals surface area contributed by atoms with Gasteiger partial charge in [-0.3, -0.25) is 4.90 Å². The number of likely N-dealkylation sites (N-methyl/N-ethyl adjacent to an activating group) is 2. The zero-order valence-corrected chi connectivity index (χ0v) is 12.7. The number of nitrogens with two attached hydrogens (primary N) is 1. The Hall–Kier alpha value is -0.120. The molecule has 2 atom stereocenters. The fraction of sp³-hybridized carbons (Fsp3) is 1.00. The van der Waals surface area contributed by atoms with E-state index in [-0.39, 0.29) is 5.54 Å². The van der Waals surface area contributed by atoms with Crippen molar-refractivity contribution in [2.75, 3.05) is 34.2 Å². The first-order valence-electron chi connectivity index (χ1n) is 7.53. The van der Waals surface area contributed by atoms with Gasteiger partial charge in [0.05, 0.1) is 0 Å². The highest BCUT2D eigenvalue weighted by Gasteiger charge is 2.46. The van der Waals surface area contributed by atoms with Gasteiger partial charge in [0.1, 0.15) is 0 Å². The molecule has 2 saturated carbocycles. The van der Waals surface area contributed by atoms with Crippen LogP contribution in [0.3, 0.4) is 0 Å². The van der Waals surface area contributed by atoms with Crippen molar-refractivity contribution in [3.8, 4) is 0 Å². The summed E-state index contributed by atoms with van der Waals surface area (Å²) in [5.41, 5.74) is 6.83. The van der Waals surface area contributed by atoms with Crippen molar-refractivity contribution in [3.63, 3.8) is 0 Å². The predicted octanol–water partition coefficient (Wildman–Crippen LogP) is 1.92. The zero-order valence-electron chi connectivity index (χ0n) is 12.7. The maximum absolute atomic E-state index is 6.13. The molecule has 0 aromatic rings. The summed E-state index contributed by atoms with van der Waals surface area (Å²) in [4.78, 5) is 5.03. The largest absolute Gasteiger partial charge is 0.329 e. The lowest BCUT2D eigenvalue weighted by Gasteiger charge is -2.52. The Kier molecular flexibility index (Phi) is 4.05. The number of hydrogen-bond donors (Lipinski definition) is 1. The molecule has 0 aromatic heterocycles. The van der Waals surface area contributed by atoms with Gasteiger partial charge < -0.3 is 10.6 Å². The molecule has 2 rings (SSSR count). The van der Waals surface area contributed by atoms with Crippen molar-refractivity contribution in [1.82, 2.24) is 9.80 Å². The first-order chi connectivity index (χ1) is 8.44. The van der Waals surface area contributed by atoms with E-state index < -0.39 is 0 Å². The van der Waals surface area contributed by atoms with Gasteiger partial charge in [-0.05, 0) is 65.6 Å². The van der Waals surface area contributed by atoms with Crippen LogP contribution in [0.25, 0.3) is 0 Å². The second-order valence-corrected chi connectivity index (χ2v) is 7.10. The van der Waals surface area contributed by atoms with Crippen molar-refractivity contribution in [2.24, 2.45) is 11.7 Å². The molecule has 2 N–H and O–H groups in total. The van der Waals surface area contributed by atoms with E-state index in [2.05, 4.69) is 37.9 Å². The molecule has 2 unspecified atom stereocenters. The van der Waals surface area contributed by atoms with Gasteiger partial charge in [-0.25, -0.2) is 0 Å². The Labute approximate surface area is 113 Å². The third-order valence-electron chi connectivity index (χ3n) is 5.79. The Morgan fingerprint density at radius 1 is 1.11 bits per heavy atom. The summed E-state index contributed by atoms with van der Waals surface area (Å²) >= 11 is 0. The summed E-state index contributed by atoms with van der Waals surface area (Å²) in [5.74, 6) is 0.840. The highest BCUT2D eigenvalue weighted by Crippen LogP contribution is 2.42. The second-order valence-electron chi connectivity index (χ2n) is 7.10. The molecular formula is C15H31N3. The molecule has 3 heteroatoms. The topological polar surface area (TPSA) is 32.5 Å². The highest BCUT2D eigenvalue weighted by molar-refractivity contribution is 5.03. The van der Waals surface area contributed by atoms with Crippen LogP contribution in [0, 0.1) is 5.92 Å². The van der Waals surface area contributed by atoms with Crippen LogP contribution in [0.15, 0.2) is 0 Å². The van der Waals surface area contributed by atoms with Gasteiger partial charge in [-0.1, -0.05) is 6.92 Å². The average molecular weight is 253 g/mol. The van der Waals surface area contributed by atoms with Crippen LogP contribution in [0.1, 0.15) is 45.4 Å². The van der Waals surface area contributed by atoms with Crippen LogP contribution in [-0.2, 0) is 0 Å². The summed E-state index contributed by atoms with van der Waals surface area (Å²) in [6, 6.07) is 0. The summed E-state index contributed by atoms with van der Waals surface area (Å²) < 4.78 is 0. The van der Waals surface area contributed by atoms with Gasteiger partial charge in [-0.15, -0.1) is 0 Å². The number of nitrogens with zero attached hydrogens (tertiary/aromatic N) is 2. The van der Waals surface area contributed by atoms with Gasteiger partial charge >= 0.3 is 0 Å². The van der Waals surface area contributed by atoms with Crippen molar-refractivity contribution in [2.45, 2.75) is 56.5 Å². The molecule has 0 heterocycles. The monoisotopic (exact) mass is 253 g/mol. The molecule has 0 bridgehead atoms. The van der Waals surface area contributed by atoms with Crippen molar-refractivity contribution >= 4 is 0 Å². The molecule has 3 nitrogen and oxygen atoms in total. The van der Waals surface area contributed by atoms with E-state index in [9.17, 15) is 0 Å². The Morgan fingerprint density at radius 2 is 1.78 bits per heavy atom. The minimum atomic E-state index is 0.276. The molecule has 0 spiro atoms. The molecule has 2 aliphatic carbocycles. The van der Waals surface area contributed by atoms with Gasteiger partial charge in [0, 0.05) is 24.2 Å². The quantitative estimate of drug-likeness (QED) is 0.812. The summed E-state index contributed by atoms with van der Waals surface area (Å²) in [6.45, 7) is 4.37. The third-order valence-corrected chi connectivity index (χ3v) is 5.79. The zero-order chi connectivity index (χ0) is 13.4. The lowest BCUT2D eigenvalue weighted by atomic mass is 9.74. The molecule has 2 fully saturated rings. The van der Waals surface area contributed by atoms with Crippen LogP contribution >= 0.6 is 0 Å². The molecule has 0 aromatic carbocycles. The summed E-state index contributed by atoms with van der Waals surface area (Å²) in [5, 5.41) is 0. The average Bonchev–Trinajstić information content (AvgIpc) is 2.66. The van der Waals surface area contributed by atoms with E-state index in [1.54, 1.807) is 0 Å². The normalized spacial score (nSPS) is 35.2. The Morgan fingerprint density at radius 3 is 2.11 bits per heavy atom. The molecule has 106 valence electrons. The maximum Gasteiger partial charge on any atom is 0.0332 e. The van der Waals surface area contributed by atoms with Crippen LogP contribution in [0.4, 0.5) is 0 Å². The van der Waals surface area contributed by atoms with E-state index in [1.165, 1.54) is 45.1 Å². The second kappa shape index (κ2) is 5.10. The van der Waals surface area contributed by atoms with Crippen LogP contribution in [0.2, 0.25) is 0 Å².